The van der Waals surface area contributed by atoms with Gasteiger partial charge < -0.3 is 54.4 Å². The van der Waals surface area contributed by atoms with Gasteiger partial charge in [0.05, 0.1) is 44.4 Å². The molecule has 462 valence electrons. The third-order valence-corrected chi connectivity index (χ3v) is 22.0. The minimum absolute atomic E-state index is 0.0253. The van der Waals surface area contributed by atoms with Gasteiger partial charge in [-0.05, 0) is 212 Å². The lowest BCUT2D eigenvalue weighted by Gasteiger charge is -2.63. The van der Waals surface area contributed by atoms with Crippen LogP contribution in [0.3, 0.4) is 0 Å². The highest BCUT2D eigenvalue weighted by molar-refractivity contribution is 5.89. The van der Waals surface area contributed by atoms with E-state index in [9.17, 15) is 25.5 Å². The predicted octanol–water partition coefficient (Wildman–Crippen LogP) is 13.1. The van der Waals surface area contributed by atoms with Crippen molar-refractivity contribution in [1.29, 1.82) is 0 Å². The fourth-order valence-corrected chi connectivity index (χ4v) is 18.0. The van der Waals surface area contributed by atoms with Crippen molar-refractivity contribution in [2.45, 2.75) is 184 Å². The van der Waals surface area contributed by atoms with Gasteiger partial charge in [-0.15, -0.1) is 0 Å². The average molecular weight is 1190 g/mol. The van der Waals surface area contributed by atoms with E-state index < -0.39 is 6.10 Å². The summed E-state index contributed by atoms with van der Waals surface area (Å²) in [6, 6.07) is 26.9. The summed E-state index contributed by atoms with van der Waals surface area (Å²) in [5.41, 5.74) is 13.7. The van der Waals surface area contributed by atoms with Crippen molar-refractivity contribution in [3.8, 4) is 34.8 Å². The smallest absolute Gasteiger partial charge is 0.165 e. The Bertz CT molecular complexity index is 3710. The molecular formula is C76H89N3O9. The molecule has 7 N–H and O–H groups in total. The van der Waals surface area contributed by atoms with Crippen LogP contribution in [0.1, 0.15) is 171 Å². The molecule has 9 atom stereocenters. The molecule has 15 rings (SSSR count). The topological polar surface area (TPSA) is 167 Å². The highest BCUT2D eigenvalue weighted by atomic mass is 16.5. The van der Waals surface area contributed by atoms with Crippen molar-refractivity contribution in [3.63, 3.8) is 0 Å². The summed E-state index contributed by atoms with van der Waals surface area (Å²) in [5.74, 6) is 10.3. The molecule has 2 fully saturated rings. The first kappa shape index (κ1) is 59.1. The summed E-state index contributed by atoms with van der Waals surface area (Å²) in [4.78, 5) is 0. The molecule has 5 aliphatic heterocycles. The maximum Gasteiger partial charge on any atom is 0.165 e. The molecule has 9 aliphatic rings. The summed E-state index contributed by atoms with van der Waals surface area (Å²) in [6.45, 7) is 5.79. The van der Waals surface area contributed by atoms with Crippen LogP contribution in [-0.4, -0.2) is 81.1 Å². The number of dihydropyridines is 1. The van der Waals surface area contributed by atoms with Gasteiger partial charge in [-0.2, -0.15) is 0 Å². The molecule has 6 heterocycles. The Kier molecular flexibility index (Phi) is 16.6. The first-order valence-electron chi connectivity index (χ1n) is 33.2. The van der Waals surface area contributed by atoms with Gasteiger partial charge in [0.15, 0.2) is 11.5 Å². The van der Waals surface area contributed by atoms with Crippen LogP contribution < -0.4 is 15.4 Å². The monoisotopic (exact) mass is 1190 g/mol. The van der Waals surface area contributed by atoms with E-state index in [0.29, 0.717) is 61.5 Å². The minimum Gasteiger partial charge on any atom is -0.508 e. The van der Waals surface area contributed by atoms with Crippen LogP contribution in [0.15, 0.2) is 108 Å². The molecule has 1 unspecified atom stereocenters. The Morgan fingerprint density at radius 3 is 2.50 bits per heavy atom. The van der Waals surface area contributed by atoms with E-state index in [1.807, 2.05) is 18.2 Å². The van der Waals surface area contributed by atoms with E-state index in [4.69, 9.17) is 18.9 Å². The van der Waals surface area contributed by atoms with E-state index in [0.717, 1.165) is 145 Å². The first-order valence-corrected chi connectivity index (χ1v) is 33.2. The van der Waals surface area contributed by atoms with Crippen molar-refractivity contribution in [1.82, 2.24) is 15.2 Å². The van der Waals surface area contributed by atoms with Gasteiger partial charge in [0.25, 0.3) is 0 Å². The van der Waals surface area contributed by atoms with Gasteiger partial charge in [0.1, 0.15) is 30.1 Å². The zero-order valence-corrected chi connectivity index (χ0v) is 51.7. The zero-order chi connectivity index (χ0) is 60.3. The minimum atomic E-state index is -0.697. The number of hydrogen-bond donors (Lipinski definition) is 7. The van der Waals surface area contributed by atoms with Crippen molar-refractivity contribution >= 4 is 16.6 Å². The second-order valence-corrected chi connectivity index (χ2v) is 27.8. The number of fused-ring (bicyclic) bond motifs is 4. The zero-order valence-electron chi connectivity index (χ0n) is 51.7. The maximum absolute atomic E-state index is 12.8. The average Bonchev–Trinajstić information content (AvgIpc) is 0.766. The molecule has 5 aromatic carbocycles. The summed E-state index contributed by atoms with van der Waals surface area (Å²) in [6.07, 6.45) is 22.5. The van der Waals surface area contributed by atoms with E-state index >= 15 is 0 Å². The maximum atomic E-state index is 12.8. The van der Waals surface area contributed by atoms with Gasteiger partial charge in [-0.3, -0.25) is 5.32 Å². The van der Waals surface area contributed by atoms with Crippen LogP contribution in [0, 0.1) is 41.4 Å². The molecule has 1 aromatic heterocycles. The van der Waals surface area contributed by atoms with Gasteiger partial charge in [0, 0.05) is 70.7 Å². The largest absolute Gasteiger partial charge is 0.508 e. The third-order valence-electron chi connectivity index (χ3n) is 22.0. The highest BCUT2D eigenvalue weighted by Crippen LogP contribution is 2.64. The molecule has 88 heavy (non-hydrogen) atoms. The standard InChI is InChI=1S/C76H89N3O9/c1-46(2)28-55-32-54-35-63-57(41-80)36-68(84)73(71(55)63)87-42-58-34-60(76-59-23-21-50-12-9-13-51(72(50)76)22-25-69(76)75(88-43-59)26-5-4-6-27-75)33-56-39-79(40-64(56)58)74-65-44-86-62(38-67(54)83)15-8-10-47(18-20-52(65)37-70(78-74)77-45-85-3)16-17-48-19-24-66(82)53(29-48)30-49-11-7-14-61(81)31-49/h7,9,11-14,19,24,29,31,33-34,36-37,39-40,46-47,54-55,59,62,67,69-70,77-78,80-84H,4-6,8,10,15-17,21-23,25-28,30,32,35,38,41-45H2,1-3H3/t47-,54-,55-,59-,62+,67+,69+,70?,76+/m1/s1. The van der Waals surface area contributed by atoms with E-state index in [1.54, 1.807) is 36.9 Å². The number of aromatic nitrogens is 1. The number of hydrogen-bond acceptors (Lipinski definition) is 11. The number of benzene rings is 5. The Hall–Kier alpha value is -6.56. The molecule has 12 heteroatoms. The molecule has 1 saturated heterocycles. The second-order valence-electron chi connectivity index (χ2n) is 27.8. The molecule has 0 radical (unpaired) electrons. The fraction of sp³-hybridized carbons (Fsp3) is 0.500. The number of aryl methyl sites for hydroxylation is 3. The number of phenolic OH excluding ortho intramolecular Hbond substituents is 3. The van der Waals surface area contributed by atoms with E-state index in [1.165, 1.54) is 36.0 Å². The SMILES string of the molecule is COCNC1C=C2C#C[C@@H](CCc3ccc(O)c(Cc4cccc(O)c4)c3)CCC[C@H]3C[C@H](O)[C@H]4Cc5c(CO)cc(O)c(c5[C@H](CC(C)C)C4)OCc4cc([C@]56c7c8cccc7CC[C@H]5C5(CCCCC5)OC[C@H]6CC8)cc5cn(cc45)C(=C2CO3)N1. The van der Waals surface area contributed by atoms with E-state index in [-0.39, 0.29) is 78.1 Å². The van der Waals surface area contributed by atoms with Gasteiger partial charge in [0.2, 0.25) is 0 Å². The lowest BCUT2D eigenvalue weighted by Crippen LogP contribution is -2.64. The van der Waals surface area contributed by atoms with Crippen LogP contribution in [0.2, 0.25) is 0 Å². The molecule has 8 bridgehead atoms. The summed E-state index contributed by atoms with van der Waals surface area (Å²) < 4.78 is 29.9. The van der Waals surface area contributed by atoms with Crippen LogP contribution in [-0.2, 0) is 64.9 Å². The van der Waals surface area contributed by atoms with Crippen molar-refractivity contribution in [2.75, 3.05) is 27.1 Å². The summed E-state index contributed by atoms with van der Waals surface area (Å²) in [7, 11) is 1.70. The molecule has 1 spiro atoms. The molecule has 0 amide bonds. The molecule has 1 saturated carbocycles. The van der Waals surface area contributed by atoms with Crippen molar-refractivity contribution in [2.24, 2.45) is 29.6 Å². The predicted molar refractivity (Wildman–Crippen MR) is 343 cm³/mol. The number of rotatable bonds is 12. The number of ether oxygens (including phenoxy) is 4. The number of aliphatic hydroxyl groups is 2. The lowest BCUT2D eigenvalue weighted by atomic mass is 9.45. The van der Waals surface area contributed by atoms with Crippen LogP contribution in [0.4, 0.5) is 0 Å². The Balaban J connectivity index is 0.936. The third kappa shape index (κ3) is 11.0. The fourth-order valence-electron chi connectivity index (χ4n) is 18.0. The van der Waals surface area contributed by atoms with Crippen LogP contribution in [0.25, 0.3) is 16.6 Å². The van der Waals surface area contributed by atoms with E-state index in [2.05, 4.69) is 95.8 Å². The highest BCUT2D eigenvalue weighted by Gasteiger charge is 2.63. The number of phenols is 3. The number of methoxy groups -OCH3 is 1. The Labute approximate surface area is 519 Å². The van der Waals surface area contributed by atoms with Crippen molar-refractivity contribution < 1.29 is 44.5 Å². The number of nitrogens with one attached hydrogen (secondary N) is 2. The lowest BCUT2D eigenvalue weighted by molar-refractivity contribution is -0.193. The number of aliphatic hydroxyl groups excluding tert-OH is 2. The molecule has 12 nitrogen and oxygen atoms in total. The van der Waals surface area contributed by atoms with Crippen molar-refractivity contribution in [3.05, 3.63) is 170 Å². The molecular weight excluding hydrogens is 1100 g/mol. The normalized spacial score (nSPS) is 27.2. The molecule has 6 aromatic rings. The number of nitrogens with zero attached hydrogens (tertiary/aromatic N) is 1. The van der Waals surface area contributed by atoms with Crippen LogP contribution in [0.5, 0.6) is 23.0 Å². The van der Waals surface area contributed by atoms with Gasteiger partial charge in [-0.25, -0.2) is 0 Å². The van der Waals surface area contributed by atoms with Crippen LogP contribution >= 0.6 is 0 Å². The Morgan fingerprint density at radius 2 is 1.68 bits per heavy atom. The number of aromatic hydroxyl groups is 3. The Morgan fingerprint density at radius 1 is 0.841 bits per heavy atom. The quantitative estimate of drug-likeness (QED) is 0.0460. The second kappa shape index (κ2) is 24.7. The summed E-state index contributed by atoms with van der Waals surface area (Å²) in [5, 5.41) is 67.1. The summed E-state index contributed by atoms with van der Waals surface area (Å²) >= 11 is 0. The first-order chi connectivity index (χ1) is 42.9. The van der Waals surface area contributed by atoms with Gasteiger partial charge in [-0.1, -0.05) is 93.5 Å². The van der Waals surface area contributed by atoms with Gasteiger partial charge >= 0.3 is 0 Å². The molecule has 4 aliphatic carbocycles.